The molecule has 0 aromatic rings. The lowest BCUT2D eigenvalue weighted by Gasteiger charge is -2.18. The van der Waals surface area contributed by atoms with Gasteiger partial charge in [0.15, 0.2) is 5.78 Å². The molecule has 5 nitrogen and oxygen atoms in total. The van der Waals surface area contributed by atoms with E-state index in [0.29, 0.717) is 0 Å². The number of ketones is 1. The van der Waals surface area contributed by atoms with Crippen LogP contribution >= 0.6 is 0 Å². The van der Waals surface area contributed by atoms with Crippen LogP contribution in [0.1, 0.15) is 12.8 Å². The van der Waals surface area contributed by atoms with Gasteiger partial charge in [0, 0.05) is 12.3 Å². The van der Waals surface area contributed by atoms with Crippen molar-refractivity contribution in [3.8, 4) is 0 Å². The van der Waals surface area contributed by atoms with E-state index in [0.717, 1.165) is 0 Å². The SMILES string of the molecule is O=C(O)CC1CC(=O)NCC1=O. The normalized spacial score (nSPS) is 23.5. The molecule has 1 aliphatic heterocycles. The number of hydrogen-bond donors (Lipinski definition) is 2. The van der Waals surface area contributed by atoms with E-state index < -0.39 is 11.9 Å². The van der Waals surface area contributed by atoms with Crippen LogP contribution in [0, 0.1) is 5.92 Å². The zero-order chi connectivity index (χ0) is 9.14. The number of nitrogens with one attached hydrogen (secondary N) is 1. The summed E-state index contributed by atoms with van der Waals surface area (Å²) in [6.45, 7) is -0.0310. The summed E-state index contributed by atoms with van der Waals surface area (Å²) in [5.41, 5.74) is 0. The number of Topliss-reactive ketones (excluding diaryl/α,β-unsaturated/α-hetero) is 1. The van der Waals surface area contributed by atoms with Gasteiger partial charge in [-0.05, 0) is 0 Å². The van der Waals surface area contributed by atoms with Crippen molar-refractivity contribution in [3.05, 3.63) is 0 Å². The number of carbonyl (C=O) groups excluding carboxylic acids is 2. The third-order valence-electron chi connectivity index (χ3n) is 1.77. The van der Waals surface area contributed by atoms with Crippen LogP contribution in [0.25, 0.3) is 0 Å². The molecular weight excluding hydrogens is 162 g/mol. The Kier molecular flexibility index (Phi) is 2.42. The van der Waals surface area contributed by atoms with Crippen LogP contribution in [0.5, 0.6) is 0 Å². The molecule has 1 heterocycles. The van der Waals surface area contributed by atoms with Gasteiger partial charge in [0.1, 0.15) is 0 Å². The third kappa shape index (κ3) is 2.05. The van der Waals surface area contributed by atoms with Gasteiger partial charge in [-0.2, -0.15) is 0 Å². The van der Waals surface area contributed by atoms with E-state index in [1.54, 1.807) is 0 Å². The lowest BCUT2D eigenvalue weighted by Crippen LogP contribution is -2.41. The van der Waals surface area contributed by atoms with Crippen molar-refractivity contribution < 1.29 is 19.5 Å². The molecular formula is C7H9NO4. The first-order chi connectivity index (χ1) is 5.59. The third-order valence-corrected chi connectivity index (χ3v) is 1.77. The fraction of sp³-hybridized carbons (Fsp3) is 0.571. The predicted molar refractivity (Wildman–Crippen MR) is 38.4 cm³/mol. The van der Waals surface area contributed by atoms with Crippen LogP contribution in [0.2, 0.25) is 0 Å². The van der Waals surface area contributed by atoms with Crippen molar-refractivity contribution >= 4 is 17.7 Å². The molecule has 0 bridgehead atoms. The standard InChI is InChI=1S/C7H9NO4/c9-5-3-8-6(10)1-4(5)2-7(11)12/h4H,1-3H2,(H,8,10)(H,11,12). The highest BCUT2D eigenvalue weighted by molar-refractivity contribution is 5.96. The number of carboxylic acid groups (broad SMARTS) is 1. The second kappa shape index (κ2) is 3.34. The zero-order valence-corrected chi connectivity index (χ0v) is 6.37. The van der Waals surface area contributed by atoms with E-state index in [-0.39, 0.29) is 31.1 Å². The summed E-state index contributed by atoms with van der Waals surface area (Å²) in [4.78, 5) is 32.0. The van der Waals surface area contributed by atoms with Crippen LogP contribution in [0.3, 0.4) is 0 Å². The molecule has 66 valence electrons. The summed E-state index contributed by atoms with van der Waals surface area (Å²) >= 11 is 0. The van der Waals surface area contributed by atoms with Crippen molar-refractivity contribution in [2.45, 2.75) is 12.8 Å². The maximum absolute atomic E-state index is 11.0. The molecule has 1 rings (SSSR count). The second-order valence-electron chi connectivity index (χ2n) is 2.74. The number of piperidine rings is 1. The Morgan fingerprint density at radius 1 is 1.58 bits per heavy atom. The summed E-state index contributed by atoms with van der Waals surface area (Å²) in [6, 6.07) is 0. The van der Waals surface area contributed by atoms with Crippen LogP contribution in [0.15, 0.2) is 0 Å². The molecule has 0 aromatic carbocycles. The quantitative estimate of drug-likeness (QED) is 0.567. The summed E-state index contributed by atoms with van der Waals surface area (Å²) in [5, 5.41) is 10.7. The monoisotopic (exact) mass is 171 g/mol. The van der Waals surface area contributed by atoms with Gasteiger partial charge in [-0.15, -0.1) is 0 Å². The first-order valence-corrected chi connectivity index (χ1v) is 3.61. The van der Waals surface area contributed by atoms with Gasteiger partial charge in [0.25, 0.3) is 0 Å². The number of aliphatic carboxylic acids is 1. The van der Waals surface area contributed by atoms with Gasteiger partial charge in [-0.25, -0.2) is 0 Å². The molecule has 12 heavy (non-hydrogen) atoms. The van der Waals surface area contributed by atoms with Crippen molar-refractivity contribution in [1.29, 1.82) is 0 Å². The second-order valence-corrected chi connectivity index (χ2v) is 2.74. The van der Waals surface area contributed by atoms with Gasteiger partial charge < -0.3 is 10.4 Å². The minimum absolute atomic E-state index is 0.00509. The molecule has 1 amide bonds. The van der Waals surface area contributed by atoms with E-state index in [2.05, 4.69) is 5.32 Å². The number of rotatable bonds is 2. The van der Waals surface area contributed by atoms with E-state index in [1.165, 1.54) is 0 Å². The molecule has 0 aliphatic carbocycles. The highest BCUT2D eigenvalue weighted by atomic mass is 16.4. The highest BCUT2D eigenvalue weighted by Crippen LogP contribution is 2.13. The van der Waals surface area contributed by atoms with Crippen LogP contribution in [0.4, 0.5) is 0 Å². The molecule has 0 spiro atoms. The van der Waals surface area contributed by atoms with Gasteiger partial charge in [0.2, 0.25) is 5.91 Å². The van der Waals surface area contributed by atoms with E-state index in [4.69, 9.17) is 5.11 Å². The summed E-state index contributed by atoms with van der Waals surface area (Å²) in [5.74, 6) is -2.11. The highest BCUT2D eigenvalue weighted by Gasteiger charge is 2.28. The maximum Gasteiger partial charge on any atom is 0.304 e. The number of carbonyl (C=O) groups is 3. The molecule has 1 atom stereocenters. The molecule has 1 fully saturated rings. The lowest BCUT2D eigenvalue weighted by molar-refractivity contribution is -0.142. The van der Waals surface area contributed by atoms with Crippen LogP contribution in [-0.4, -0.2) is 29.3 Å². The molecule has 0 saturated carbocycles. The number of carboxylic acids is 1. The van der Waals surface area contributed by atoms with Crippen LogP contribution < -0.4 is 5.32 Å². The van der Waals surface area contributed by atoms with Crippen molar-refractivity contribution in [3.63, 3.8) is 0 Å². The molecule has 1 unspecified atom stereocenters. The number of amides is 1. The molecule has 1 saturated heterocycles. The summed E-state index contributed by atoms with van der Waals surface area (Å²) < 4.78 is 0. The van der Waals surface area contributed by atoms with Crippen molar-refractivity contribution in [1.82, 2.24) is 5.32 Å². The van der Waals surface area contributed by atoms with Gasteiger partial charge in [-0.3, -0.25) is 14.4 Å². The first-order valence-electron chi connectivity index (χ1n) is 3.61. The van der Waals surface area contributed by atoms with Gasteiger partial charge in [-0.1, -0.05) is 0 Å². The average Bonchev–Trinajstić information content (AvgIpc) is 1.96. The topological polar surface area (TPSA) is 83.5 Å². The molecule has 0 aromatic heterocycles. The molecule has 1 aliphatic rings. The largest absolute Gasteiger partial charge is 0.481 e. The molecule has 2 N–H and O–H groups in total. The lowest BCUT2D eigenvalue weighted by atomic mass is 9.93. The van der Waals surface area contributed by atoms with Crippen molar-refractivity contribution in [2.24, 2.45) is 5.92 Å². The molecule has 5 heteroatoms. The minimum Gasteiger partial charge on any atom is -0.481 e. The maximum atomic E-state index is 11.0. The fourth-order valence-electron chi connectivity index (χ4n) is 1.14. The first kappa shape index (κ1) is 8.70. The van der Waals surface area contributed by atoms with Gasteiger partial charge >= 0.3 is 5.97 Å². The summed E-state index contributed by atoms with van der Waals surface area (Å²) in [7, 11) is 0. The number of hydrogen-bond acceptors (Lipinski definition) is 3. The van der Waals surface area contributed by atoms with E-state index in [9.17, 15) is 14.4 Å². The van der Waals surface area contributed by atoms with Gasteiger partial charge in [0.05, 0.1) is 13.0 Å². The van der Waals surface area contributed by atoms with Crippen LogP contribution in [-0.2, 0) is 14.4 Å². The Bertz CT molecular complexity index is 234. The van der Waals surface area contributed by atoms with E-state index in [1.807, 2.05) is 0 Å². The Morgan fingerprint density at radius 2 is 2.25 bits per heavy atom. The average molecular weight is 171 g/mol. The fourth-order valence-corrected chi connectivity index (χ4v) is 1.14. The predicted octanol–water partition coefficient (Wildman–Crippen LogP) is -0.834. The smallest absolute Gasteiger partial charge is 0.304 e. The summed E-state index contributed by atoms with van der Waals surface area (Å²) in [6.07, 6.45) is -0.239. The van der Waals surface area contributed by atoms with Crippen molar-refractivity contribution in [2.75, 3.05) is 6.54 Å². The Labute approximate surface area is 68.8 Å². The molecule has 0 radical (unpaired) electrons. The zero-order valence-electron chi connectivity index (χ0n) is 6.37. The Balaban J connectivity index is 2.55. The minimum atomic E-state index is -1.04. The van der Waals surface area contributed by atoms with E-state index >= 15 is 0 Å². The Hall–Kier alpha value is -1.39. The Morgan fingerprint density at radius 3 is 2.83 bits per heavy atom.